The minimum absolute atomic E-state index is 0.123. The monoisotopic (exact) mass is 330 g/mol. The summed E-state index contributed by atoms with van der Waals surface area (Å²) >= 11 is 0. The van der Waals surface area contributed by atoms with Crippen molar-refractivity contribution in [2.45, 2.75) is 65.8 Å². The fourth-order valence-corrected chi connectivity index (χ4v) is 2.65. The minimum Gasteiger partial charge on any atom is -0.460 e. The molecule has 1 atom stereocenters. The number of rotatable bonds is 4. The highest BCUT2D eigenvalue weighted by Gasteiger charge is 2.18. The van der Waals surface area contributed by atoms with Gasteiger partial charge in [-0.2, -0.15) is 0 Å². The minimum atomic E-state index is -1.33. The number of esters is 1. The topological polar surface area (TPSA) is 26.3 Å². The van der Waals surface area contributed by atoms with Crippen LogP contribution in [0, 0.1) is 17.4 Å². The van der Waals surface area contributed by atoms with Crippen LogP contribution < -0.4 is 0 Å². The normalized spacial score (nSPS) is 13.0. The SMILES string of the molecule is CC(CC(=O)OC(C)(C)C)Cc1ccc(C#C[Si](C)(C)C)cc1. The maximum absolute atomic E-state index is 11.9. The summed E-state index contributed by atoms with van der Waals surface area (Å²) in [5.74, 6) is 3.41. The molecule has 0 fully saturated rings. The Balaban J connectivity index is 2.57. The molecule has 0 aliphatic rings. The third-order valence-electron chi connectivity index (χ3n) is 3.06. The van der Waals surface area contributed by atoms with Crippen LogP contribution in [0.25, 0.3) is 0 Å². The van der Waals surface area contributed by atoms with E-state index in [9.17, 15) is 4.79 Å². The Kier molecular flexibility index (Phi) is 6.65. The smallest absolute Gasteiger partial charge is 0.306 e. The Bertz CT molecular complexity index is 577. The van der Waals surface area contributed by atoms with Crippen LogP contribution in [-0.2, 0) is 16.0 Å². The third-order valence-corrected chi connectivity index (χ3v) is 3.93. The van der Waals surface area contributed by atoms with Gasteiger partial charge in [-0.15, -0.1) is 5.54 Å². The zero-order valence-electron chi connectivity index (χ0n) is 15.6. The summed E-state index contributed by atoms with van der Waals surface area (Å²) in [5.41, 5.74) is 5.27. The van der Waals surface area contributed by atoms with Gasteiger partial charge in [0.15, 0.2) is 0 Å². The van der Waals surface area contributed by atoms with E-state index in [1.165, 1.54) is 5.56 Å². The molecule has 1 aromatic carbocycles. The maximum atomic E-state index is 11.9. The third kappa shape index (κ3) is 9.25. The van der Waals surface area contributed by atoms with E-state index in [-0.39, 0.29) is 11.9 Å². The van der Waals surface area contributed by atoms with Crippen molar-refractivity contribution in [2.75, 3.05) is 0 Å². The van der Waals surface area contributed by atoms with Crippen LogP contribution in [0.15, 0.2) is 24.3 Å². The summed E-state index contributed by atoms with van der Waals surface area (Å²) in [5, 5.41) is 0. The van der Waals surface area contributed by atoms with Crippen molar-refractivity contribution in [3.63, 3.8) is 0 Å². The summed E-state index contributed by atoms with van der Waals surface area (Å²) in [6.45, 7) is 14.5. The van der Waals surface area contributed by atoms with Crippen LogP contribution in [0.5, 0.6) is 0 Å². The van der Waals surface area contributed by atoms with Gasteiger partial charge in [-0.25, -0.2) is 0 Å². The fourth-order valence-electron chi connectivity index (χ4n) is 2.13. The average Bonchev–Trinajstić information content (AvgIpc) is 2.34. The second-order valence-electron chi connectivity index (χ2n) is 8.30. The summed E-state index contributed by atoms with van der Waals surface area (Å²) < 4.78 is 5.38. The Morgan fingerprint density at radius 2 is 1.74 bits per heavy atom. The van der Waals surface area contributed by atoms with Crippen molar-refractivity contribution in [3.8, 4) is 11.5 Å². The van der Waals surface area contributed by atoms with Gasteiger partial charge >= 0.3 is 5.97 Å². The van der Waals surface area contributed by atoms with Crippen LogP contribution in [0.1, 0.15) is 45.2 Å². The van der Waals surface area contributed by atoms with Crippen LogP contribution in [0.2, 0.25) is 19.6 Å². The van der Waals surface area contributed by atoms with E-state index >= 15 is 0 Å². The molecule has 0 N–H and O–H groups in total. The lowest BCUT2D eigenvalue weighted by Crippen LogP contribution is -2.25. The number of hydrogen-bond acceptors (Lipinski definition) is 2. The molecule has 2 nitrogen and oxygen atoms in total. The Hall–Kier alpha value is -1.53. The highest BCUT2D eigenvalue weighted by atomic mass is 28.3. The van der Waals surface area contributed by atoms with E-state index in [0.29, 0.717) is 6.42 Å². The van der Waals surface area contributed by atoms with Gasteiger partial charge in [0.25, 0.3) is 0 Å². The van der Waals surface area contributed by atoms with Gasteiger partial charge in [0.1, 0.15) is 13.7 Å². The van der Waals surface area contributed by atoms with Gasteiger partial charge in [0.05, 0.1) is 0 Å². The molecule has 0 radical (unpaired) electrons. The molecule has 3 heteroatoms. The van der Waals surface area contributed by atoms with Crippen molar-refractivity contribution in [1.29, 1.82) is 0 Å². The second-order valence-corrected chi connectivity index (χ2v) is 13.0. The maximum Gasteiger partial charge on any atom is 0.306 e. The summed E-state index contributed by atoms with van der Waals surface area (Å²) in [4.78, 5) is 11.9. The van der Waals surface area contributed by atoms with Crippen molar-refractivity contribution >= 4 is 14.0 Å². The molecule has 0 aromatic heterocycles. The van der Waals surface area contributed by atoms with Gasteiger partial charge < -0.3 is 4.74 Å². The van der Waals surface area contributed by atoms with Gasteiger partial charge in [0.2, 0.25) is 0 Å². The predicted molar refractivity (Wildman–Crippen MR) is 100.0 cm³/mol. The largest absolute Gasteiger partial charge is 0.460 e. The van der Waals surface area contributed by atoms with Gasteiger partial charge in [-0.3, -0.25) is 4.79 Å². The van der Waals surface area contributed by atoms with E-state index in [2.05, 4.69) is 62.3 Å². The number of carbonyl (C=O) groups excluding carboxylic acids is 1. The highest BCUT2D eigenvalue weighted by molar-refractivity contribution is 6.83. The molecule has 0 amide bonds. The quantitative estimate of drug-likeness (QED) is 0.449. The van der Waals surface area contributed by atoms with E-state index < -0.39 is 13.7 Å². The summed E-state index contributed by atoms with van der Waals surface area (Å²) in [7, 11) is -1.33. The number of ether oxygens (including phenoxy) is 1. The van der Waals surface area contributed by atoms with Crippen molar-refractivity contribution in [2.24, 2.45) is 5.92 Å². The molecule has 23 heavy (non-hydrogen) atoms. The van der Waals surface area contributed by atoms with Crippen LogP contribution in [0.4, 0.5) is 0 Å². The van der Waals surface area contributed by atoms with E-state index in [1.54, 1.807) is 0 Å². The lowest BCUT2D eigenvalue weighted by Gasteiger charge is -2.21. The summed E-state index contributed by atoms with van der Waals surface area (Å²) in [6.07, 6.45) is 1.33. The first-order valence-electron chi connectivity index (χ1n) is 8.28. The van der Waals surface area contributed by atoms with Crippen LogP contribution in [0.3, 0.4) is 0 Å². The molecule has 1 unspecified atom stereocenters. The Morgan fingerprint density at radius 3 is 2.22 bits per heavy atom. The molecule has 1 rings (SSSR count). The highest BCUT2D eigenvalue weighted by Crippen LogP contribution is 2.16. The first kappa shape index (κ1) is 19.5. The van der Waals surface area contributed by atoms with Crippen molar-refractivity contribution in [1.82, 2.24) is 0 Å². The van der Waals surface area contributed by atoms with Crippen molar-refractivity contribution < 1.29 is 9.53 Å². The van der Waals surface area contributed by atoms with E-state index in [0.717, 1.165) is 12.0 Å². The predicted octanol–water partition coefficient (Wildman–Crippen LogP) is 4.83. The van der Waals surface area contributed by atoms with Crippen LogP contribution >= 0.6 is 0 Å². The van der Waals surface area contributed by atoms with Gasteiger partial charge in [-0.05, 0) is 50.8 Å². The molecule has 126 valence electrons. The first-order chi connectivity index (χ1) is 10.4. The molecular formula is C20H30O2Si. The standard InChI is InChI=1S/C20H30O2Si/c1-16(15-19(21)22-20(2,3)4)14-18-10-8-17(9-11-18)12-13-23(5,6)7/h8-11,16H,14-15H2,1-7H3. The van der Waals surface area contributed by atoms with Crippen LogP contribution in [-0.4, -0.2) is 19.6 Å². The molecule has 0 aliphatic heterocycles. The average molecular weight is 331 g/mol. The molecule has 1 aromatic rings. The molecule has 0 saturated carbocycles. The molecule has 0 heterocycles. The molecular weight excluding hydrogens is 300 g/mol. The molecule has 0 aliphatic carbocycles. The Labute approximate surface area is 142 Å². The number of benzene rings is 1. The van der Waals surface area contributed by atoms with Crippen molar-refractivity contribution in [3.05, 3.63) is 35.4 Å². The van der Waals surface area contributed by atoms with E-state index in [1.807, 2.05) is 20.8 Å². The molecule has 0 saturated heterocycles. The zero-order chi connectivity index (χ0) is 17.7. The molecule has 0 spiro atoms. The first-order valence-corrected chi connectivity index (χ1v) is 11.8. The second kappa shape index (κ2) is 7.83. The number of hydrogen-bond donors (Lipinski definition) is 0. The number of carbonyl (C=O) groups is 1. The summed E-state index contributed by atoms with van der Waals surface area (Å²) in [6, 6.07) is 8.37. The Morgan fingerprint density at radius 1 is 1.17 bits per heavy atom. The molecule has 0 bridgehead atoms. The fraction of sp³-hybridized carbons (Fsp3) is 0.550. The van der Waals surface area contributed by atoms with E-state index in [4.69, 9.17) is 4.74 Å². The van der Waals surface area contributed by atoms with Gasteiger partial charge in [-0.1, -0.05) is 44.6 Å². The zero-order valence-corrected chi connectivity index (χ0v) is 16.6. The lowest BCUT2D eigenvalue weighted by molar-refractivity contribution is -0.155. The van der Waals surface area contributed by atoms with Gasteiger partial charge in [0, 0.05) is 12.0 Å². The lowest BCUT2D eigenvalue weighted by atomic mass is 9.97.